The summed E-state index contributed by atoms with van der Waals surface area (Å²) in [5.74, 6) is 0. The van der Waals surface area contributed by atoms with Crippen LogP contribution in [0.1, 0.15) is 27.7 Å². The number of hydrogen-bond acceptors (Lipinski definition) is 3. The standard InChI is InChI=1S/C17H24IN3O3/c1-12-11-20(9-10-21(12)16(23)24-17(2,3)4)15(22)19-14-8-6-5-7-13(14)18/h5-8,12H,9-11H2,1-4H3,(H,19,22). The number of urea groups is 1. The van der Waals surface area contributed by atoms with E-state index in [2.05, 4.69) is 27.9 Å². The zero-order chi connectivity index (χ0) is 17.9. The summed E-state index contributed by atoms with van der Waals surface area (Å²) in [6.45, 7) is 8.90. The Bertz CT molecular complexity index is 615. The third-order valence-electron chi connectivity index (χ3n) is 3.66. The number of amides is 3. The first kappa shape index (κ1) is 18.8. The van der Waals surface area contributed by atoms with Gasteiger partial charge in [-0.2, -0.15) is 0 Å². The third-order valence-corrected chi connectivity index (χ3v) is 4.60. The van der Waals surface area contributed by atoms with E-state index in [4.69, 9.17) is 4.74 Å². The number of nitrogens with zero attached hydrogens (tertiary/aromatic N) is 2. The summed E-state index contributed by atoms with van der Waals surface area (Å²) in [5, 5.41) is 2.93. The molecule has 1 heterocycles. The Morgan fingerprint density at radius 1 is 1.25 bits per heavy atom. The molecule has 1 aromatic rings. The van der Waals surface area contributed by atoms with Crippen LogP contribution < -0.4 is 5.32 Å². The van der Waals surface area contributed by atoms with E-state index in [9.17, 15) is 9.59 Å². The van der Waals surface area contributed by atoms with Gasteiger partial charge in [0.1, 0.15) is 5.60 Å². The van der Waals surface area contributed by atoms with Crippen molar-refractivity contribution in [3.05, 3.63) is 27.8 Å². The molecule has 3 amide bonds. The van der Waals surface area contributed by atoms with Gasteiger partial charge in [-0.05, 0) is 62.4 Å². The molecule has 24 heavy (non-hydrogen) atoms. The molecule has 0 aliphatic carbocycles. The highest BCUT2D eigenvalue weighted by atomic mass is 127. The molecule has 0 saturated carbocycles. The molecular formula is C17H24IN3O3. The highest BCUT2D eigenvalue weighted by molar-refractivity contribution is 14.1. The fourth-order valence-electron chi connectivity index (χ4n) is 2.49. The summed E-state index contributed by atoms with van der Waals surface area (Å²) in [5.41, 5.74) is 0.278. The molecule has 1 aromatic carbocycles. The molecule has 0 radical (unpaired) electrons. The van der Waals surface area contributed by atoms with Crippen LogP contribution in [0, 0.1) is 3.57 Å². The van der Waals surface area contributed by atoms with E-state index in [0.29, 0.717) is 19.6 Å². The van der Waals surface area contributed by atoms with Gasteiger partial charge in [-0.3, -0.25) is 0 Å². The van der Waals surface area contributed by atoms with Gasteiger partial charge in [0, 0.05) is 29.2 Å². The lowest BCUT2D eigenvalue weighted by Crippen LogP contribution is -2.57. The second kappa shape index (κ2) is 7.58. The maximum atomic E-state index is 12.4. The van der Waals surface area contributed by atoms with E-state index in [1.165, 1.54) is 0 Å². The molecule has 1 atom stereocenters. The Hall–Kier alpha value is -1.51. The molecule has 7 heteroatoms. The van der Waals surface area contributed by atoms with E-state index in [-0.39, 0.29) is 18.2 Å². The molecule has 1 N–H and O–H groups in total. The van der Waals surface area contributed by atoms with Gasteiger partial charge in [0.2, 0.25) is 0 Å². The Morgan fingerprint density at radius 3 is 2.50 bits per heavy atom. The van der Waals surface area contributed by atoms with Gasteiger partial charge in [-0.25, -0.2) is 9.59 Å². The number of piperazine rings is 1. The van der Waals surface area contributed by atoms with Crippen LogP contribution >= 0.6 is 22.6 Å². The Morgan fingerprint density at radius 2 is 1.92 bits per heavy atom. The van der Waals surface area contributed by atoms with Crippen molar-refractivity contribution < 1.29 is 14.3 Å². The third kappa shape index (κ3) is 4.99. The zero-order valence-electron chi connectivity index (χ0n) is 14.5. The normalized spacial score (nSPS) is 18.3. The first-order valence-corrected chi connectivity index (χ1v) is 9.05. The quantitative estimate of drug-likeness (QED) is 0.670. The number of ether oxygens (including phenoxy) is 1. The molecule has 0 aromatic heterocycles. The van der Waals surface area contributed by atoms with Crippen molar-refractivity contribution >= 4 is 40.4 Å². The monoisotopic (exact) mass is 445 g/mol. The average molecular weight is 445 g/mol. The molecule has 2 rings (SSSR count). The van der Waals surface area contributed by atoms with Crippen molar-refractivity contribution in [2.24, 2.45) is 0 Å². The molecule has 0 bridgehead atoms. The van der Waals surface area contributed by atoms with E-state index in [1.807, 2.05) is 52.0 Å². The molecular weight excluding hydrogens is 421 g/mol. The van der Waals surface area contributed by atoms with Gasteiger partial charge >= 0.3 is 12.1 Å². The number of anilines is 1. The van der Waals surface area contributed by atoms with Gasteiger partial charge in [-0.15, -0.1) is 0 Å². The second-order valence-corrected chi connectivity index (χ2v) is 8.04. The number of carbonyl (C=O) groups excluding carboxylic acids is 2. The highest BCUT2D eigenvalue weighted by Gasteiger charge is 2.32. The zero-order valence-corrected chi connectivity index (χ0v) is 16.7. The Kier molecular flexibility index (Phi) is 5.95. The van der Waals surface area contributed by atoms with Crippen molar-refractivity contribution in [2.45, 2.75) is 39.3 Å². The molecule has 132 valence electrons. The molecule has 1 saturated heterocycles. The van der Waals surface area contributed by atoms with Crippen LogP contribution in [0.15, 0.2) is 24.3 Å². The van der Waals surface area contributed by atoms with Crippen LogP contribution in [-0.4, -0.2) is 53.2 Å². The van der Waals surface area contributed by atoms with Gasteiger partial charge < -0.3 is 19.9 Å². The van der Waals surface area contributed by atoms with Crippen molar-refractivity contribution in [3.63, 3.8) is 0 Å². The van der Waals surface area contributed by atoms with E-state index in [1.54, 1.807) is 9.80 Å². The summed E-state index contributed by atoms with van der Waals surface area (Å²) in [4.78, 5) is 28.1. The summed E-state index contributed by atoms with van der Waals surface area (Å²) in [7, 11) is 0. The van der Waals surface area contributed by atoms with Crippen LogP contribution in [-0.2, 0) is 4.74 Å². The van der Waals surface area contributed by atoms with Crippen molar-refractivity contribution in [1.29, 1.82) is 0 Å². The van der Waals surface area contributed by atoms with E-state index >= 15 is 0 Å². The maximum absolute atomic E-state index is 12.4. The number of hydrogen-bond donors (Lipinski definition) is 1. The number of para-hydroxylation sites is 1. The first-order chi connectivity index (χ1) is 11.2. The van der Waals surface area contributed by atoms with Crippen LogP contribution in [0.2, 0.25) is 0 Å². The smallest absolute Gasteiger partial charge is 0.410 e. The molecule has 1 aliphatic heterocycles. The molecule has 1 fully saturated rings. The number of rotatable bonds is 1. The fraction of sp³-hybridized carbons (Fsp3) is 0.529. The van der Waals surface area contributed by atoms with Crippen LogP contribution in [0.5, 0.6) is 0 Å². The summed E-state index contributed by atoms with van der Waals surface area (Å²) in [6, 6.07) is 7.41. The maximum Gasteiger partial charge on any atom is 0.410 e. The lowest BCUT2D eigenvalue weighted by atomic mass is 10.2. The van der Waals surface area contributed by atoms with E-state index in [0.717, 1.165) is 9.26 Å². The van der Waals surface area contributed by atoms with Gasteiger partial charge in [0.25, 0.3) is 0 Å². The van der Waals surface area contributed by atoms with Crippen LogP contribution in [0.25, 0.3) is 0 Å². The number of nitrogens with one attached hydrogen (secondary N) is 1. The predicted molar refractivity (Wildman–Crippen MR) is 102 cm³/mol. The van der Waals surface area contributed by atoms with Crippen molar-refractivity contribution in [1.82, 2.24) is 9.80 Å². The lowest BCUT2D eigenvalue weighted by molar-refractivity contribution is 0.00589. The minimum atomic E-state index is -0.519. The number of carbonyl (C=O) groups is 2. The predicted octanol–water partition coefficient (Wildman–Crippen LogP) is 3.76. The van der Waals surface area contributed by atoms with Crippen LogP contribution in [0.4, 0.5) is 15.3 Å². The molecule has 1 unspecified atom stereocenters. The van der Waals surface area contributed by atoms with Gasteiger partial charge in [0.15, 0.2) is 0 Å². The van der Waals surface area contributed by atoms with Crippen molar-refractivity contribution in [3.8, 4) is 0 Å². The first-order valence-electron chi connectivity index (χ1n) is 7.97. The Balaban J connectivity index is 1.94. The molecule has 1 aliphatic rings. The van der Waals surface area contributed by atoms with Crippen LogP contribution in [0.3, 0.4) is 0 Å². The summed E-state index contributed by atoms with van der Waals surface area (Å²) >= 11 is 2.19. The Labute approximate surface area is 156 Å². The summed E-state index contributed by atoms with van der Waals surface area (Å²) < 4.78 is 6.41. The number of benzene rings is 1. The summed E-state index contributed by atoms with van der Waals surface area (Å²) in [6.07, 6.45) is -0.326. The lowest BCUT2D eigenvalue weighted by Gasteiger charge is -2.40. The fourth-order valence-corrected chi connectivity index (χ4v) is 3.01. The average Bonchev–Trinajstić information content (AvgIpc) is 2.47. The van der Waals surface area contributed by atoms with E-state index < -0.39 is 5.60 Å². The SMILES string of the molecule is CC1CN(C(=O)Nc2ccccc2I)CCN1C(=O)OC(C)(C)C. The minimum absolute atomic E-state index is 0.0887. The van der Waals surface area contributed by atoms with Gasteiger partial charge in [-0.1, -0.05) is 12.1 Å². The molecule has 0 spiro atoms. The van der Waals surface area contributed by atoms with Gasteiger partial charge in [0.05, 0.1) is 5.69 Å². The minimum Gasteiger partial charge on any atom is -0.444 e. The van der Waals surface area contributed by atoms with Crippen molar-refractivity contribution in [2.75, 3.05) is 25.0 Å². The second-order valence-electron chi connectivity index (χ2n) is 6.88. The highest BCUT2D eigenvalue weighted by Crippen LogP contribution is 2.19. The topological polar surface area (TPSA) is 61.9 Å². The largest absolute Gasteiger partial charge is 0.444 e. The molecule has 6 nitrogen and oxygen atoms in total. The number of halogens is 1.